The molecule has 5 rings (SSSR count). The van der Waals surface area contributed by atoms with Crippen LogP contribution in [0.2, 0.25) is 0 Å². The minimum atomic E-state index is -3.37. The van der Waals surface area contributed by atoms with E-state index >= 15 is 0 Å². The van der Waals surface area contributed by atoms with Crippen molar-refractivity contribution in [3.63, 3.8) is 0 Å². The van der Waals surface area contributed by atoms with Crippen LogP contribution in [0.5, 0.6) is 0 Å². The number of nitrogens with zero attached hydrogens (tertiary/aromatic N) is 1. The lowest BCUT2D eigenvalue weighted by Crippen LogP contribution is -2.66. The van der Waals surface area contributed by atoms with Gasteiger partial charge in [-0.05, 0) is 61.2 Å². The van der Waals surface area contributed by atoms with Crippen LogP contribution < -0.4 is 21.3 Å². The molecule has 4 N–H and O–H groups in total. The fourth-order valence-corrected chi connectivity index (χ4v) is 10.6. The van der Waals surface area contributed by atoms with Crippen molar-refractivity contribution in [2.75, 3.05) is 18.8 Å². The third kappa shape index (κ3) is 6.88. The summed E-state index contributed by atoms with van der Waals surface area (Å²) >= 11 is 0. The molecule has 0 bridgehead atoms. The standard InChI is InChI=1S/C32H51N5O7S/c1-30(2,3)25(35-29(42)36-32(14-8-6-9-15-32)22-11-7-10-16-45(22,43)44)28(41)37-18-20-23(31(20,4)5)24(37)27(40)33-17-21(38)26(39)34-19-12-13-19/h19-20,22-25H,6-18H2,1-5H3,(H,33,40)(H,34,39)(H2,35,36,42)/t20-,22?,23-,24-,25+/m0/s1. The van der Waals surface area contributed by atoms with Crippen LogP contribution in [0.25, 0.3) is 0 Å². The van der Waals surface area contributed by atoms with Gasteiger partial charge in [-0.2, -0.15) is 0 Å². The van der Waals surface area contributed by atoms with Crippen molar-refractivity contribution in [1.82, 2.24) is 26.2 Å². The number of ketones is 1. The van der Waals surface area contributed by atoms with Crippen LogP contribution in [0.3, 0.4) is 0 Å². The molecule has 5 atom stereocenters. The van der Waals surface area contributed by atoms with Gasteiger partial charge in [-0.3, -0.25) is 19.2 Å². The number of likely N-dealkylation sites (tertiary alicyclic amines) is 1. The average molecular weight is 650 g/mol. The number of amides is 5. The fourth-order valence-electron chi connectivity index (χ4n) is 8.15. The summed E-state index contributed by atoms with van der Waals surface area (Å²) in [7, 11) is -3.37. The molecule has 5 fully saturated rings. The Morgan fingerprint density at radius 1 is 0.933 bits per heavy atom. The van der Waals surface area contributed by atoms with Crippen molar-refractivity contribution < 1.29 is 32.4 Å². The highest BCUT2D eigenvalue weighted by molar-refractivity contribution is 7.92. The van der Waals surface area contributed by atoms with Gasteiger partial charge in [0, 0.05) is 12.6 Å². The summed E-state index contributed by atoms with van der Waals surface area (Å²) in [4.78, 5) is 67.5. The zero-order valence-electron chi connectivity index (χ0n) is 27.4. The van der Waals surface area contributed by atoms with Gasteiger partial charge in [-0.1, -0.05) is 60.3 Å². The number of fused-ring (bicyclic) bond motifs is 1. The number of carbonyl (C=O) groups excluding carboxylic acids is 5. The van der Waals surface area contributed by atoms with Crippen LogP contribution in [0.1, 0.15) is 98.8 Å². The molecular weight excluding hydrogens is 598 g/mol. The molecule has 0 radical (unpaired) electrons. The van der Waals surface area contributed by atoms with E-state index in [2.05, 4.69) is 35.1 Å². The van der Waals surface area contributed by atoms with Crippen molar-refractivity contribution >= 4 is 39.4 Å². The summed E-state index contributed by atoms with van der Waals surface area (Å²) in [5, 5.41) is 10.6. The molecule has 45 heavy (non-hydrogen) atoms. The first-order valence-corrected chi connectivity index (χ1v) is 18.4. The molecule has 12 nitrogen and oxygen atoms in total. The maximum Gasteiger partial charge on any atom is 0.315 e. The molecule has 1 unspecified atom stereocenters. The van der Waals surface area contributed by atoms with Gasteiger partial charge < -0.3 is 26.2 Å². The zero-order chi connectivity index (χ0) is 32.9. The molecule has 2 aliphatic heterocycles. The number of Topliss-reactive ketones (excluding diaryl/α,β-unsaturated/α-hetero) is 1. The highest BCUT2D eigenvalue weighted by Gasteiger charge is 2.69. The molecule has 0 aromatic heterocycles. The largest absolute Gasteiger partial charge is 0.347 e. The topological polar surface area (TPSA) is 171 Å². The number of piperidine rings is 1. The van der Waals surface area contributed by atoms with Gasteiger partial charge in [0.05, 0.1) is 23.1 Å². The Morgan fingerprint density at radius 3 is 2.20 bits per heavy atom. The molecule has 2 heterocycles. The summed E-state index contributed by atoms with van der Waals surface area (Å²) in [6.07, 6.45) is 7.38. The van der Waals surface area contributed by atoms with E-state index in [0.717, 1.165) is 38.5 Å². The first-order valence-electron chi connectivity index (χ1n) is 16.7. The molecule has 3 aliphatic carbocycles. The Bertz CT molecular complexity index is 1330. The summed E-state index contributed by atoms with van der Waals surface area (Å²) in [6.45, 7) is 9.50. The van der Waals surface area contributed by atoms with Crippen LogP contribution in [0.15, 0.2) is 0 Å². The quantitative estimate of drug-likeness (QED) is 0.276. The van der Waals surface area contributed by atoms with E-state index in [4.69, 9.17) is 0 Å². The molecule has 0 aromatic rings. The molecule has 5 amide bonds. The molecule has 2 saturated heterocycles. The Morgan fingerprint density at radius 2 is 1.60 bits per heavy atom. The maximum atomic E-state index is 14.2. The summed E-state index contributed by atoms with van der Waals surface area (Å²) in [5.74, 6) is -2.26. The molecule has 0 spiro atoms. The van der Waals surface area contributed by atoms with E-state index in [1.807, 2.05) is 20.8 Å². The van der Waals surface area contributed by atoms with Crippen molar-refractivity contribution in [3.8, 4) is 0 Å². The Kier molecular flexibility index (Phi) is 9.09. The van der Waals surface area contributed by atoms with E-state index < -0.39 is 74.2 Å². The van der Waals surface area contributed by atoms with E-state index in [0.29, 0.717) is 32.2 Å². The number of rotatable bonds is 9. The second-order valence-corrected chi connectivity index (χ2v) is 18.0. The van der Waals surface area contributed by atoms with Gasteiger partial charge in [0.1, 0.15) is 12.1 Å². The van der Waals surface area contributed by atoms with Gasteiger partial charge in [0.25, 0.3) is 5.91 Å². The molecule has 252 valence electrons. The van der Waals surface area contributed by atoms with Crippen LogP contribution in [0.4, 0.5) is 4.79 Å². The van der Waals surface area contributed by atoms with Crippen molar-refractivity contribution in [3.05, 3.63) is 0 Å². The van der Waals surface area contributed by atoms with Crippen molar-refractivity contribution in [1.29, 1.82) is 0 Å². The van der Waals surface area contributed by atoms with Crippen LogP contribution in [-0.2, 0) is 29.0 Å². The molecule has 0 aromatic carbocycles. The smallest absolute Gasteiger partial charge is 0.315 e. The normalized spacial score (nSPS) is 30.3. The number of nitrogens with one attached hydrogen (secondary N) is 4. The molecule has 13 heteroatoms. The third-order valence-corrected chi connectivity index (χ3v) is 13.5. The van der Waals surface area contributed by atoms with Crippen molar-refractivity contribution in [2.24, 2.45) is 22.7 Å². The SMILES string of the molecule is CC(C)(C)[C@H](NC(=O)NC1(C2CCCCS2(=O)=O)CCCCC1)C(=O)N1C[C@H]2[C@@H]([C@H]1C(=O)NCC(=O)C(=O)NC1CC1)C2(C)C. The number of sulfone groups is 1. The van der Waals surface area contributed by atoms with E-state index in [1.165, 1.54) is 4.90 Å². The van der Waals surface area contributed by atoms with Gasteiger partial charge in [0.15, 0.2) is 9.84 Å². The van der Waals surface area contributed by atoms with Crippen LogP contribution >= 0.6 is 0 Å². The summed E-state index contributed by atoms with van der Waals surface area (Å²) in [5.41, 5.74) is -1.79. The van der Waals surface area contributed by atoms with Gasteiger partial charge in [-0.25, -0.2) is 13.2 Å². The van der Waals surface area contributed by atoms with Crippen LogP contribution in [0, 0.1) is 22.7 Å². The average Bonchev–Trinajstić information content (AvgIpc) is 3.81. The van der Waals surface area contributed by atoms with E-state index in [-0.39, 0.29) is 29.0 Å². The predicted molar refractivity (Wildman–Crippen MR) is 168 cm³/mol. The zero-order valence-corrected chi connectivity index (χ0v) is 28.2. The maximum absolute atomic E-state index is 14.2. The second-order valence-electron chi connectivity index (χ2n) is 15.7. The minimum absolute atomic E-state index is 0.0206. The number of carbonyl (C=O) groups is 5. The fraction of sp³-hybridized carbons (Fsp3) is 0.844. The number of hydrogen-bond acceptors (Lipinski definition) is 7. The Hall–Kier alpha value is -2.70. The molecule has 3 saturated carbocycles. The Balaban J connectivity index is 1.30. The Labute approximate surface area is 266 Å². The highest BCUT2D eigenvalue weighted by atomic mass is 32.2. The third-order valence-electron chi connectivity index (χ3n) is 11.0. The lowest BCUT2D eigenvalue weighted by Gasteiger charge is -2.45. The van der Waals surface area contributed by atoms with Gasteiger partial charge >= 0.3 is 6.03 Å². The number of urea groups is 1. The van der Waals surface area contributed by atoms with Gasteiger partial charge in [0.2, 0.25) is 17.6 Å². The highest BCUT2D eigenvalue weighted by Crippen LogP contribution is 2.65. The lowest BCUT2D eigenvalue weighted by molar-refractivity contribution is -0.144. The van der Waals surface area contributed by atoms with Crippen molar-refractivity contribution in [2.45, 2.75) is 128 Å². The van der Waals surface area contributed by atoms with Gasteiger partial charge in [-0.15, -0.1) is 0 Å². The van der Waals surface area contributed by atoms with E-state index in [1.54, 1.807) is 0 Å². The first kappa shape index (κ1) is 33.7. The van der Waals surface area contributed by atoms with E-state index in [9.17, 15) is 32.4 Å². The minimum Gasteiger partial charge on any atom is -0.347 e. The predicted octanol–water partition coefficient (Wildman–Crippen LogP) is 1.82. The lowest BCUT2D eigenvalue weighted by atomic mass is 9.77. The monoisotopic (exact) mass is 649 g/mol. The number of hydrogen-bond donors (Lipinski definition) is 4. The second kappa shape index (κ2) is 12.2. The first-order chi connectivity index (χ1) is 21.0. The molecule has 5 aliphatic rings. The molecular formula is C32H51N5O7S. The summed E-state index contributed by atoms with van der Waals surface area (Å²) in [6, 6.07) is -2.40. The van der Waals surface area contributed by atoms with Crippen LogP contribution in [-0.4, -0.2) is 90.6 Å². The summed E-state index contributed by atoms with van der Waals surface area (Å²) < 4.78 is 26.4.